The molecule has 2 N–H and O–H groups in total. The number of rotatable bonds is 8. The second kappa shape index (κ2) is 7.73. The van der Waals surface area contributed by atoms with Crippen molar-refractivity contribution in [2.24, 2.45) is 0 Å². The zero-order valence-electron chi connectivity index (χ0n) is 8.73. The van der Waals surface area contributed by atoms with E-state index in [9.17, 15) is 7.38 Å². The first kappa shape index (κ1) is 14.5. The average Bonchev–Trinajstić information content (AvgIpc) is 2.14. The van der Waals surface area contributed by atoms with Gasteiger partial charge in [-0.3, -0.25) is 0 Å². The maximum atomic E-state index is 9.31. The molecule has 6 nitrogen and oxygen atoms in total. The zero-order chi connectivity index (χ0) is 11.0. The van der Waals surface area contributed by atoms with E-state index in [4.69, 9.17) is 6.64 Å². The Morgan fingerprint density at radius 2 is 1.79 bits per heavy atom. The molecular weight excluding hydrogens is 228 g/mol. The van der Waals surface area contributed by atoms with Crippen LogP contribution >= 0.6 is 0 Å². The molecule has 0 bridgehead atoms. The van der Waals surface area contributed by atoms with Crippen molar-refractivity contribution in [3.63, 3.8) is 0 Å². The minimum atomic E-state index is -4.59. The van der Waals surface area contributed by atoms with Crippen LogP contribution < -0.4 is 0 Å². The van der Waals surface area contributed by atoms with Gasteiger partial charge in [0, 0.05) is 0 Å². The quantitative estimate of drug-likeness (QED) is 0.362. The molecule has 0 amide bonds. The summed E-state index contributed by atoms with van der Waals surface area (Å²) in [5.74, 6) is 0. The minimum absolute atomic E-state index is 0.268. The van der Waals surface area contributed by atoms with Gasteiger partial charge in [-0.2, -0.15) is 0 Å². The van der Waals surface area contributed by atoms with Crippen LogP contribution in [-0.2, 0) is 34.3 Å². The summed E-state index contributed by atoms with van der Waals surface area (Å²) in [7, 11) is 2.66. The Labute approximate surface area is 89.0 Å². The first-order valence-corrected chi connectivity index (χ1v) is 7.05. The number of ether oxygens (including phenoxy) is 2. The predicted octanol–water partition coefficient (Wildman–Crippen LogP) is 0.195. The molecular formula is C7H18O6Ti. The molecule has 0 aromatic carbocycles. The second-order valence-corrected chi connectivity index (χ2v) is 5.16. The Balaban J connectivity index is 3.79. The van der Waals surface area contributed by atoms with E-state index >= 15 is 0 Å². The number of hydrogen-bond donors (Lipinski definition) is 2. The Hall–Kier alpha value is 0.474. The van der Waals surface area contributed by atoms with Crippen molar-refractivity contribution in [2.45, 2.75) is 26.2 Å². The Kier molecular flexibility index (Phi) is 7.99. The second-order valence-electron chi connectivity index (χ2n) is 2.63. The first-order chi connectivity index (χ1) is 6.55. The SMILES string of the molecule is CCCC[O][Ti]([OH])([OH])[O]C(OC)OC. The van der Waals surface area contributed by atoms with E-state index in [2.05, 4.69) is 9.47 Å². The number of methoxy groups -OCH3 is 2. The van der Waals surface area contributed by atoms with Crippen LogP contribution in [0, 0.1) is 0 Å². The van der Waals surface area contributed by atoms with Gasteiger partial charge in [-0.05, 0) is 0 Å². The van der Waals surface area contributed by atoms with Gasteiger partial charge >= 0.3 is 88.7 Å². The van der Waals surface area contributed by atoms with Crippen LogP contribution in [0.25, 0.3) is 0 Å². The summed E-state index contributed by atoms with van der Waals surface area (Å²) in [5.41, 5.74) is 0. The molecule has 0 fully saturated rings. The Bertz CT molecular complexity index is 138. The van der Waals surface area contributed by atoms with E-state index < -0.39 is 24.6 Å². The topological polar surface area (TPSA) is 77.4 Å². The molecule has 86 valence electrons. The predicted molar refractivity (Wildman–Crippen MR) is 44.2 cm³/mol. The molecule has 0 heterocycles. The van der Waals surface area contributed by atoms with Crippen LogP contribution in [0.1, 0.15) is 19.8 Å². The average molecular weight is 246 g/mol. The van der Waals surface area contributed by atoms with Gasteiger partial charge < -0.3 is 0 Å². The summed E-state index contributed by atoms with van der Waals surface area (Å²) in [6, 6.07) is 0. The number of unbranched alkanes of at least 4 members (excludes halogenated alkanes) is 1. The zero-order valence-corrected chi connectivity index (χ0v) is 10.3. The monoisotopic (exact) mass is 246 g/mol. The van der Waals surface area contributed by atoms with Gasteiger partial charge in [0.05, 0.1) is 0 Å². The molecule has 0 unspecified atom stereocenters. The molecule has 0 aromatic rings. The third-order valence-corrected chi connectivity index (χ3v) is 3.11. The summed E-state index contributed by atoms with van der Waals surface area (Å²) in [4.78, 5) is 0. The van der Waals surface area contributed by atoms with E-state index in [-0.39, 0.29) is 6.61 Å². The standard InChI is InChI=1S/C4H9O.C3H7O3.2H2O.Ti/c1-2-3-4-5;1-5-3(4)6-2;;;/h2-4H2,1H3;3H,1-2H3;2*1H2;/q2*-1;;;+4/p-2. The van der Waals surface area contributed by atoms with E-state index in [0.29, 0.717) is 0 Å². The van der Waals surface area contributed by atoms with E-state index in [1.807, 2.05) is 6.92 Å². The van der Waals surface area contributed by atoms with Gasteiger partial charge in [-0.25, -0.2) is 0 Å². The van der Waals surface area contributed by atoms with Crippen molar-refractivity contribution in [1.82, 2.24) is 0 Å². The summed E-state index contributed by atoms with van der Waals surface area (Å²) < 4.78 is 37.4. The van der Waals surface area contributed by atoms with Crippen LogP contribution in [0.4, 0.5) is 0 Å². The van der Waals surface area contributed by atoms with E-state index in [1.54, 1.807) is 0 Å². The van der Waals surface area contributed by atoms with Crippen LogP contribution in [0.2, 0.25) is 0 Å². The molecule has 0 radical (unpaired) electrons. The van der Waals surface area contributed by atoms with Crippen LogP contribution in [0.3, 0.4) is 0 Å². The van der Waals surface area contributed by atoms with Crippen molar-refractivity contribution in [3.05, 3.63) is 0 Å². The summed E-state index contributed by atoms with van der Waals surface area (Å²) in [6.45, 7) is 1.15. The van der Waals surface area contributed by atoms with Crippen molar-refractivity contribution in [2.75, 3.05) is 20.8 Å². The molecule has 7 heteroatoms. The fourth-order valence-electron chi connectivity index (χ4n) is 0.701. The van der Waals surface area contributed by atoms with Gasteiger partial charge in [0.2, 0.25) is 0 Å². The normalized spacial score (nSPS) is 12.4. The summed E-state index contributed by atoms with van der Waals surface area (Å²) >= 11 is -4.59. The van der Waals surface area contributed by atoms with Crippen LogP contribution in [0.5, 0.6) is 0 Å². The number of hydrogen-bond acceptors (Lipinski definition) is 6. The molecule has 0 aliphatic rings. The molecule has 0 rings (SSSR count). The molecule has 0 saturated carbocycles. The van der Waals surface area contributed by atoms with Crippen molar-refractivity contribution >= 4 is 0 Å². The molecule has 0 aliphatic heterocycles. The molecule has 0 saturated heterocycles. The fourth-order valence-corrected chi connectivity index (χ4v) is 2.14. The molecule has 14 heavy (non-hydrogen) atoms. The third kappa shape index (κ3) is 6.86. The van der Waals surface area contributed by atoms with Gasteiger partial charge in [0.25, 0.3) is 0 Å². The fraction of sp³-hybridized carbons (Fsp3) is 1.00. The van der Waals surface area contributed by atoms with Crippen molar-refractivity contribution in [3.8, 4) is 0 Å². The van der Waals surface area contributed by atoms with E-state index in [0.717, 1.165) is 12.8 Å². The van der Waals surface area contributed by atoms with Crippen LogP contribution in [-0.4, -0.2) is 34.7 Å². The van der Waals surface area contributed by atoms with Gasteiger partial charge in [-0.1, -0.05) is 0 Å². The Morgan fingerprint density at radius 3 is 2.21 bits per heavy atom. The molecule has 0 aromatic heterocycles. The first-order valence-electron chi connectivity index (χ1n) is 4.37. The molecule has 0 atom stereocenters. The van der Waals surface area contributed by atoms with Gasteiger partial charge in [0.15, 0.2) is 0 Å². The van der Waals surface area contributed by atoms with Crippen molar-refractivity contribution < 1.29 is 41.6 Å². The van der Waals surface area contributed by atoms with E-state index in [1.165, 1.54) is 14.2 Å². The van der Waals surface area contributed by atoms with Gasteiger partial charge in [-0.15, -0.1) is 0 Å². The summed E-state index contributed by atoms with van der Waals surface area (Å²) in [6.07, 6.45) is 1.67. The summed E-state index contributed by atoms with van der Waals surface area (Å²) in [5, 5.41) is 0. The molecule has 0 aliphatic carbocycles. The van der Waals surface area contributed by atoms with Gasteiger partial charge in [0.1, 0.15) is 0 Å². The molecule has 0 spiro atoms. The maximum absolute atomic E-state index is 9.31. The Morgan fingerprint density at radius 1 is 1.21 bits per heavy atom. The third-order valence-electron chi connectivity index (χ3n) is 1.42. The van der Waals surface area contributed by atoms with Crippen molar-refractivity contribution in [1.29, 1.82) is 0 Å². The van der Waals surface area contributed by atoms with Crippen LogP contribution in [0.15, 0.2) is 0 Å².